The molecule has 0 aliphatic heterocycles. The summed E-state index contributed by atoms with van der Waals surface area (Å²) in [6.07, 6.45) is 0.890. The predicted molar refractivity (Wildman–Crippen MR) is 94.3 cm³/mol. The Morgan fingerprint density at radius 2 is 2.04 bits per heavy atom. The smallest absolute Gasteiger partial charge is 0.246 e. The maximum Gasteiger partial charge on any atom is 0.246 e. The van der Waals surface area contributed by atoms with E-state index in [9.17, 15) is 13.2 Å². The van der Waals surface area contributed by atoms with E-state index in [2.05, 4.69) is 10.5 Å². The summed E-state index contributed by atoms with van der Waals surface area (Å²) in [5, 5.41) is 6.16. The number of carbonyl (C=O) groups is 1. The molecule has 0 aliphatic rings. The molecule has 0 radical (unpaired) electrons. The number of benzene rings is 1. The fraction of sp³-hybridized carbons (Fsp3) is 0.375. The van der Waals surface area contributed by atoms with Crippen LogP contribution in [0.5, 0.6) is 5.75 Å². The van der Waals surface area contributed by atoms with Gasteiger partial charge in [0.05, 0.1) is 18.0 Å². The van der Waals surface area contributed by atoms with Crippen molar-refractivity contribution in [2.45, 2.75) is 26.9 Å². The molecule has 0 aliphatic carbocycles. The third-order valence-electron chi connectivity index (χ3n) is 3.08. The summed E-state index contributed by atoms with van der Waals surface area (Å²) in [5.74, 6) is 0.597. The minimum Gasteiger partial charge on any atom is -0.489 e. The standard InChI is InChI=1S/C16H21N3O5S/c1-11(2)23-14-8-6-5-7-13(14)19(25(4,21)22)10-16(20)17-15-9-12(3)24-18-15/h5-9,11H,10H2,1-4H3,(H,17,18,20). The van der Waals surface area contributed by atoms with E-state index in [1.165, 1.54) is 0 Å². The molecular formula is C16H21N3O5S. The highest BCUT2D eigenvalue weighted by Gasteiger charge is 2.24. The number of aryl methyl sites for hydroxylation is 1. The van der Waals surface area contributed by atoms with Gasteiger partial charge in [-0.05, 0) is 32.9 Å². The first-order valence-electron chi connectivity index (χ1n) is 7.63. The van der Waals surface area contributed by atoms with Crippen molar-refractivity contribution in [3.05, 3.63) is 36.1 Å². The molecule has 0 unspecified atom stereocenters. The van der Waals surface area contributed by atoms with E-state index in [0.717, 1.165) is 10.6 Å². The molecule has 0 fully saturated rings. The summed E-state index contributed by atoms with van der Waals surface area (Å²) >= 11 is 0. The Hall–Kier alpha value is -2.55. The van der Waals surface area contributed by atoms with E-state index in [-0.39, 0.29) is 11.9 Å². The summed E-state index contributed by atoms with van der Waals surface area (Å²) in [6.45, 7) is 4.94. The zero-order chi connectivity index (χ0) is 18.6. The molecule has 0 saturated heterocycles. The molecule has 1 aromatic carbocycles. The number of carbonyl (C=O) groups excluding carboxylic acids is 1. The lowest BCUT2D eigenvalue weighted by molar-refractivity contribution is -0.114. The number of sulfonamides is 1. The molecule has 1 aromatic heterocycles. The normalized spacial score (nSPS) is 11.4. The van der Waals surface area contributed by atoms with Gasteiger partial charge in [-0.2, -0.15) is 0 Å². The van der Waals surface area contributed by atoms with Crippen molar-refractivity contribution in [3.8, 4) is 5.75 Å². The Balaban J connectivity index is 2.27. The van der Waals surface area contributed by atoms with Crippen molar-refractivity contribution in [1.29, 1.82) is 0 Å². The van der Waals surface area contributed by atoms with Gasteiger partial charge in [0.15, 0.2) is 5.82 Å². The van der Waals surface area contributed by atoms with E-state index in [4.69, 9.17) is 9.26 Å². The van der Waals surface area contributed by atoms with Crippen molar-refractivity contribution < 1.29 is 22.5 Å². The van der Waals surface area contributed by atoms with Gasteiger partial charge in [-0.1, -0.05) is 17.3 Å². The second-order valence-corrected chi connectivity index (χ2v) is 7.68. The van der Waals surface area contributed by atoms with Crippen LogP contribution in [0.3, 0.4) is 0 Å². The average molecular weight is 367 g/mol. The van der Waals surface area contributed by atoms with Crippen LogP contribution in [0.25, 0.3) is 0 Å². The predicted octanol–water partition coefficient (Wildman–Crippen LogP) is 2.17. The van der Waals surface area contributed by atoms with Crippen LogP contribution in [0.15, 0.2) is 34.9 Å². The molecule has 0 bridgehead atoms. The molecule has 136 valence electrons. The zero-order valence-corrected chi connectivity index (χ0v) is 15.3. The Labute approximate surface area is 146 Å². The molecule has 2 aromatic rings. The van der Waals surface area contributed by atoms with E-state index in [1.54, 1.807) is 37.3 Å². The second kappa shape index (κ2) is 7.56. The van der Waals surface area contributed by atoms with Gasteiger partial charge in [0.2, 0.25) is 15.9 Å². The van der Waals surface area contributed by atoms with Gasteiger partial charge in [0.1, 0.15) is 18.1 Å². The topological polar surface area (TPSA) is 102 Å². The summed E-state index contributed by atoms with van der Waals surface area (Å²) in [6, 6.07) is 8.21. The van der Waals surface area contributed by atoms with E-state index >= 15 is 0 Å². The average Bonchev–Trinajstić information content (AvgIpc) is 2.89. The van der Waals surface area contributed by atoms with Crippen LogP contribution in [0.2, 0.25) is 0 Å². The van der Waals surface area contributed by atoms with Crippen LogP contribution in [-0.2, 0) is 14.8 Å². The van der Waals surface area contributed by atoms with Crippen LogP contribution in [0, 0.1) is 6.92 Å². The fourth-order valence-corrected chi connectivity index (χ4v) is 3.00. The zero-order valence-electron chi connectivity index (χ0n) is 14.5. The van der Waals surface area contributed by atoms with Crippen LogP contribution >= 0.6 is 0 Å². The Morgan fingerprint density at radius 3 is 2.60 bits per heavy atom. The van der Waals surface area contributed by atoms with Crippen molar-refractivity contribution in [2.75, 3.05) is 22.4 Å². The van der Waals surface area contributed by atoms with Gasteiger partial charge in [0.25, 0.3) is 0 Å². The van der Waals surface area contributed by atoms with Crippen LogP contribution in [-0.4, -0.2) is 38.4 Å². The number of nitrogens with one attached hydrogen (secondary N) is 1. The van der Waals surface area contributed by atoms with E-state index in [0.29, 0.717) is 17.2 Å². The first kappa shape index (κ1) is 18.8. The lowest BCUT2D eigenvalue weighted by Crippen LogP contribution is -2.37. The number of nitrogens with zero attached hydrogens (tertiary/aromatic N) is 2. The fourth-order valence-electron chi connectivity index (χ4n) is 2.14. The van der Waals surface area contributed by atoms with Gasteiger partial charge in [-0.25, -0.2) is 8.42 Å². The number of hydrogen-bond acceptors (Lipinski definition) is 6. The lowest BCUT2D eigenvalue weighted by atomic mass is 10.3. The summed E-state index contributed by atoms with van der Waals surface area (Å²) in [5.41, 5.74) is 0.296. The molecule has 1 N–H and O–H groups in total. The third-order valence-corrected chi connectivity index (χ3v) is 4.21. The van der Waals surface area contributed by atoms with Gasteiger partial charge >= 0.3 is 0 Å². The summed E-state index contributed by atoms with van der Waals surface area (Å²) < 4.78 is 36.0. The molecule has 0 spiro atoms. The van der Waals surface area contributed by atoms with Crippen LogP contribution in [0.4, 0.5) is 11.5 Å². The Kier molecular flexibility index (Phi) is 5.68. The molecule has 1 heterocycles. The number of amides is 1. The van der Waals surface area contributed by atoms with Crippen LogP contribution < -0.4 is 14.4 Å². The van der Waals surface area contributed by atoms with Crippen molar-refractivity contribution >= 4 is 27.4 Å². The molecule has 8 nitrogen and oxygen atoms in total. The monoisotopic (exact) mass is 367 g/mol. The second-order valence-electron chi connectivity index (χ2n) is 5.77. The number of para-hydroxylation sites is 2. The summed E-state index contributed by atoms with van der Waals surface area (Å²) in [7, 11) is -3.71. The highest BCUT2D eigenvalue weighted by molar-refractivity contribution is 7.92. The van der Waals surface area contributed by atoms with Gasteiger partial charge in [0, 0.05) is 6.07 Å². The third kappa shape index (κ3) is 5.21. The largest absolute Gasteiger partial charge is 0.489 e. The number of anilines is 2. The first-order chi connectivity index (χ1) is 11.7. The Bertz CT molecular complexity index is 845. The molecule has 0 atom stereocenters. The lowest BCUT2D eigenvalue weighted by Gasteiger charge is -2.24. The van der Waals surface area contributed by atoms with E-state index in [1.807, 2.05) is 13.8 Å². The maximum atomic E-state index is 12.2. The maximum absolute atomic E-state index is 12.2. The molecule has 2 rings (SSSR count). The minimum absolute atomic E-state index is 0.144. The van der Waals surface area contributed by atoms with Gasteiger partial charge in [-0.3, -0.25) is 9.10 Å². The Morgan fingerprint density at radius 1 is 1.36 bits per heavy atom. The van der Waals surface area contributed by atoms with Gasteiger partial charge in [-0.15, -0.1) is 0 Å². The number of ether oxygens (including phenoxy) is 1. The van der Waals surface area contributed by atoms with E-state index < -0.39 is 22.5 Å². The van der Waals surface area contributed by atoms with Crippen molar-refractivity contribution in [1.82, 2.24) is 5.16 Å². The molecular weight excluding hydrogens is 346 g/mol. The van der Waals surface area contributed by atoms with Gasteiger partial charge < -0.3 is 14.6 Å². The first-order valence-corrected chi connectivity index (χ1v) is 9.48. The summed E-state index contributed by atoms with van der Waals surface area (Å²) in [4.78, 5) is 12.2. The highest BCUT2D eigenvalue weighted by Crippen LogP contribution is 2.30. The highest BCUT2D eigenvalue weighted by atomic mass is 32.2. The van der Waals surface area contributed by atoms with Crippen molar-refractivity contribution in [2.24, 2.45) is 0 Å². The number of aromatic nitrogens is 1. The molecule has 9 heteroatoms. The molecule has 1 amide bonds. The van der Waals surface area contributed by atoms with Crippen molar-refractivity contribution in [3.63, 3.8) is 0 Å². The molecule has 25 heavy (non-hydrogen) atoms. The SMILES string of the molecule is Cc1cc(NC(=O)CN(c2ccccc2OC(C)C)S(C)(=O)=O)no1. The quantitative estimate of drug-likeness (QED) is 0.805. The minimum atomic E-state index is -3.71. The number of rotatable bonds is 7. The number of hydrogen-bond donors (Lipinski definition) is 1. The molecule has 0 saturated carbocycles. The van der Waals surface area contributed by atoms with Crippen LogP contribution in [0.1, 0.15) is 19.6 Å².